The predicted molar refractivity (Wildman–Crippen MR) is 125 cm³/mol. The van der Waals surface area contributed by atoms with Gasteiger partial charge in [0, 0.05) is 17.9 Å². The Hall–Kier alpha value is -0.720. The lowest BCUT2D eigenvalue weighted by Crippen LogP contribution is -2.06. The van der Waals surface area contributed by atoms with E-state index in [1.165, 1.54) is 0 Å². The molecule has 0 spiro atoms. The molecule has 4 aromatic rings. The topological polar surface area (TPSA) is 60.4 Å². The van der Waals surface area contributed by atoms with Crippen LogP contribution in [0.5, 0.6) is 0 Å². The average Bonchev–Trinajstić information content (AvgIpc) is 2.62. The third kappa shape index (κ3) is 2.98. The van der Waals surface area contributed by atoms with Crippen LogP contribution in [0, 0.1) is 7.14 Å². The Morgan fingerprint density at radius 1 is 0.846 bits per heavy atom. The van der Waals surface area contributed by atoms with Gasteiger partial charge in [0.15, 0.2) is 11.5 Å². The van der Waals surface area contributed by atoms with E-state index in [9.17, 15) is 9.59 Å². The molecule has 130 valence electrons. The van der Waals surface area contributed by atoms with Crippen LogP contribution in [0.2, 0.25) is 0 Å². The highest BCUT2D eigenvalue weighted by Crippen LogP contribution is 2.38. The fourth-order valence-electron chi connectivity index (χ4n) is 2.68. The molecule has 2 aromatic heterocycles. The lowest BCUT2D eigenvalue weighted by molar-refractivity contribution is 0.475. The molecule has 2 heterocycles. The summed E-state index contributed by atoms with van der Waals surface area (Å²) in [5.74, 6) is 0.477. The highest BCUT2D eigenvalue weighted by atomic mass is 127. The van der Waals surface area contributed by atoms with E-state index in [0.29, 0.717) is 14.3 Å². The van der Waals surface area contributed by atoms with Gasteiger partial charge in [-0.3, -0.25) is 0 Å². The minimum atomic E-state index is -0.489. The summed E-state index contributed by atoms with van der Waals surface area (Å²) in [4.78, 5) is 24.9. The van der Waals surface area contributed by atoms with Crippen molar-refractivity contribution in [1.29, 1.82) is 0 Å². The molecule has 2 aromatic carbocycles. The molecule has 0 saturated carbocycles. The van der Waals surface area contributed by atoms with Crippen molar-refractivity contribution in [2.45, 2.75) is 0 Å². The number of hydrogen-bond acceptors (Lipinski definition) is 4. The molecule has 26 heavy (non-hydrogen) atoms. The third-order valence-corrected chi connectivity index (χ3v) is 8.72. The van der Waals surface area contributed by atoms with Gasteiger partial charge in [0.2, 0.25) is 0 Å². The van der Waals surface area contributed by atoms with E-state index in [0.717, 1.165) is 23.3 Å². The van der Waals surface area contributed by atoms with Crippen molar-refractivity contribution in [1.82, 2.24) is 0 Å². The lowest BCUT2D eigenvalue weighted by Gasteiger charge is -2.10. The van der Waals surface area contributed by atoms with Crippen molar-refractivity contribution >= 4 is 98.6 Å². The van der Waals surface area contributed by atoms with E-state index < -0.39 is 11.3 Å². The zero-order chi connectivity index (χ0) is 18.6. The summed E-state index contributed by atoms with van der Waals surface area (Å²) in [5.41, 5.74) is -0.958. The quantitative estimate of drug-likeness (QED) is 0.173. The molecular weight excluding hydrogens is 694 g/mol. The summed E-state index contributed by atoms with van der Waals surface area (Å²) < 4.78 is 14.1. The van der Waals surface area contributed by atoms with Crippen molar-refractivity contribution in [2.24, 2.45) is 0 Å². The second kappa shape index (κ2) is 7.02. The summed E-state index contributed by atoms with van der Waals surface area (Å²) in [6, 6.07) is 10.6. The van der Waals surface area contributed by atoms with Crippen LogP contribution >= 0.6 is 77.0 Å². The molecule has 0 unspecified atom stereocenters. The Morgan fingerprint density at radius 2 is 1.54 bits per heavy atom. The Balaban J connectivity index is 2.12. The van der Waals surface area contributed by atoms with Crippen LogP contribution in [0.25, 0.3) is 33.1 Å². The zero-order valence-corrected chi connectivity index (χ0v) is 20.1. The molecule has 0 bridgehead atoms. The Morgan fingerprint density at radius 3 is 2.31 bits per heavy atom. The lowest BCUT2D eigenvalue weighted by atomic mass is 10.1. The third-order valence-electron chi connectivity index (χ3n) is 3.89. The van der Waals surface area contributed by atoms with Gasteiger partial charge in [-0.2, -0.15) is 0 Å². The number of benzene rings is 2. The van der Waals surface area contributed by atoms with Crippen molar-refractivity contribution in [2.75, 3.05) is 0 Å². The minimum Gasteiger partial charge on any atom is -0.419 e. The standard InChI is InChI=1S/C18H6Br2I2O4/c19-10-6-9-12(14(21)13(10)20)15(22)16(26-18(9)24)11-5-7-3-1-2-4-8(7)17(23)25-11/h1-6H. The SMILES string of the molecule is O=c1oc(-c2oc(=O)c3cc(Br)c(Br)c(I)c3c2I)cc2ccccc12. The molecule has 0 aliphatic heterocycles. The summed E-state index contributed by atoms with van der Waals surface area (Å²) >= 11 is 11.2. The molecule has 0 saturated heterocycles. The second-order valence-corrected chi connectivity index (χ2v) is 9.23. The first-order chi connectivity index (χ1) is 12.4. The fourth-order valence-corrected chi connectivity index (χ4v) is 6.09. The van der Waals surface area contributed by atoms with E-state index in [-0.39, 0.29) is 11.5 Å². The van der Waals surface area contributed by atoms with Crippen LogP contribution in [0.1, 0.15) is 0 Å². The van der Waals surface area contributed by atoms with E-state index >= 15 is 0 Å². The van der Waals surface area contributed by atoms with Crippen molar-refractivity contribution < 1.29 is 8.83 Å². The number of fused-ring (bicyclic) bond motifs is 2. The number of hydrogen-bond donors (Lipinski definition) is 0. The van der Waals surface area contributed by atoms with Crippen LogP contribution in [0.15, 0.2) is 63.8 Å². The molecule has 0 fully saturated rings. The highest BCUT2D eigenvalue weighted by Gasteiger charge is 2.21. The van der Waals surface area contributed by atoms with Gasteiger partial charge in [-0.1, -0.05) is 18.2 Å². The Bertz CT molecular complexity index is 1330. The van der Waals surface area contributed by atoms with Crippen LogP contribution in [-0.4, -0.2) is 0 Å². The molecule has 0 amide bonds. The average molecular weight is 700 g/mol. The van der Waals surface area contributed by atoms with Gasteiger partial charge < -0.3 is 8.83 Å². The molecule has 4 rings (SSSR count). The second-order valence-electron chi connectivity index (χ2n) is 5.43. The summed E-state index contributed by atoms with van der Waals surface area (Å²) in [7, 11) is 0. The Kier molecular flexibility index (Phi) is 5.03. The molecule has 8 heteroatoms. The van der Waals surface area contributed by atoms with Crippen LogP contribution in [0.4, 0.5) is 0 Å². The van der Waals surface area contributed by atoms with Gasteiger partial charge >= 0.3 is 11.3 Å². The molecule has 0 atom stereocenters. The van der Waals surface area contributed by atoms with Crippen molar-refractivity contribution in [3.63, 3.8) is 0 Å². The van der Waals surface area contributed by atoms with Gasteiger partial charge in [0.25, 0.3) is 0 Å². The fraction of sp³-hybridized carbons (Fsp3) is 0. The number of rotatable bonds is 1. The van der Waals surface area contributed by atoms with Gasteiger partial charge in [-0.25, -0.2) is 9.59 Å². The molecule has 0 radical (unpaired) electrons. The summed E-state index contributed by atoms with van der Waals surface area (Å²) in [6.45, 7) is 0. The first-order valence-electron chi connectivity index (χ1n) is 7.21. The van der Waals surface area contributed by atoms with Gasteiger partial charge in [-0.15, -0.1) is 0 Å². The van der Waals surface area contributed by atoms with Crippen LogP contribution < -0.4 is 11.3 Å². The maximum absolute atomic E-state index is 12.6. The van der Waals surface area contributed by atoms with E-state index in [2.05, 4.69) is 77.0 Å². The first kappa shape index (κ1) is 18.6. The summed E-state index contributed by atoms with van der Waals surface area (Å²) in [5, 5.41) is 2.42. The predicted octanol–water partition coefficient (Wildman–Crippen LogP) is 6.30. The molecule has 0 aliphatic carbocycles. The molecular formula is C18H6Br2I2O4. The Labute approximate surface area is 190 Å². The normalized spacial score (nSPS) is 11.4. The van der Waals surface area contributed by atoms with Crippen LogP contribution in [-0.2, 0) is 0 Å². The van der Waals surface area contributed by atoms with Crippen molar-refractivity contribution in [3.8, 4) is 11.5 Å². The van der Waals surface area contributed by atoms with Gasteiger partial charge in [-0.05, 0) is 101 Å². The number of halogens is 4. The van der Waals surface area contributed by atoms with Crippen LogP contribution in [0.3, 0.4) is 0 Å². The maximum Gasteiger partial charge on any atom is 0.344 e. The van der Waals surface area contributed by atoms with Gasteiger partial charge in [0.05, 0.1) is 14.3 Å². The minimum absolute atomic E-state index is 0.229. The summed E-state index contributed by atoms with van der Waals surface area (Å²) in [6.07, 6.45) is 0. The van der Waals surface area contributed by atoms with Crippen molar-refractivity contribution in [3.05, 3.63) is 73.3 Å². The largest absolute Gasteiger partial charge is 0.419 e. The van der Waals surface area contributed by atoms with E-state index in [1.54, 1.807) is 24.3 Å². The molecule has 4 nitrogen and oxygen atoms in total. The van der Waals surface area contributed by atoms with E-state index in [4.69, 9.17) is 8.83 Å². The molecule has 0 aliphatic rings. The smallest absolute Gasteiger partial charge is 0.344 e. The van der Waals surface area contributed by atoms with Gasteiger partial charge in [0.1, 0.15) is 0 Å². The van der Waals surface area contributed by atoms with E-state index in [1.807, 2.05) is 12.1 Å². The first-order valence-corrected chi connectivity index (χ1v) is 11.0. The highest BCUT2D eigenvalue weighted by molar-refractivity contribution is 14.1. The molecule has 0 N–H and O–H groups in total. The maximum atomic E-state index is 12.6. The zero-order valence-electron chi connectivity index (χ0n) is 12.6. The monoisotopic (exact) mass is 698 g/mol.